The molecule has 0 aliphatic carbocycles. The van der Waals surface area contributed by atoms with Gasteiger partial charge in [0.1, 0.15) is 5.15 Å². The summed E-state index contributed by atoms with van der Waals surface area (Å²) in [6, 6.07) is 5.72. The highest BCUT2D eigenvalue weighted by Gasteiger charge is 2.19. The lowest BCUT2D eigenvalue weighted by atomic mass is 10.1. The normalized spacial score (nSPS) is 18.1. The zero-order valence-corrected chi connectivity index (χ0v) is 11.1. The van der Waals surface area contributed by atoms with E-state index in [9.17, 15) is 0 Å². The van der Waals surface area contributed by atoms with Gasteiger partial charge in [-0.15, -0.1) is 0 Å². The lowest BCUT2D eigenvalue weighted by Gasteiger charge is -2.31. The maximum Gasteiger partial charge on any atom is 0.129 e. The summed E-state index contributed by atoms with van der Waals surface area (Å²) in [5, 5.41) is 9.26. The third-order valence-corrected chi connectivity index (χ3v) is 3.35. The summed E-state index contributed by atoms with van der Waals surface area (Å²) in [5.41, 5.74) is 1.01. The minimum Gasteiger partial charge on any atom is -0.394 e. The average molecular weight is 271 g/mol. The predicted octanol–water partition coefficient (Wildman–Crippen LogP) is 1.71. The molecule has 100 valence electrons. The number of piperidine rings is 1. The summed E-state index contributed by atoms with van der Waals surface area (Å²) in [4.78, 5) is 6.65. The van der Waals surface area contributed by atoms with Crippen molar-refractivity contribution in [3.05, 3.63) is 29.0 Å². The maximum absolute atomic E-state index is 8.71. The van der Waals surface area contributed by atoms with Crippen LogP contribution in [-0.4, -0.2) is 47.4 Å². The molecule has 5 heteroatoms. The first-order chi connectivity index (χ1) is 8.78. The molecule has 1 aliphatic rings. The van der Waals surface area contributed by atoms with E-state index in [1.54, 1.807) is 6.07 Å². The van der Waals surface area contributed by atoms with E-state index in [2.05, 4.69) is 9.88 Å². The van der Waals surface area contributed by atoms with E-state index in [4.69, 9.17) is 21.4 Å². The monoisotopic (exact) mass is 270 g/mol. The average Bonchev–Trinajstić information content (AvgIpc) is 2.38. The van der Waals surface area contributed by atoms with Crippen molar-refractivity contribution in [1.29, 1.82) is 0 Å². The summed E-state index contributed by atoms with van der Waals surface area (Å²) in [7, 11) is 0. The Morgan fingerprint density at radius 2 is 2.17 bits per heavy atom. The molecular weight excluding hydrogens is 252 g/mol. The van der Waals surface area contributed by atoms with Crippen molar-refractivity contribution in [2.75, 3.05) is 26.3 Å². The van der Waals surface area contributed by atoms with Crippen LogP contribution in [0, 0.1) is 0 Å². The zero-order valence-electron chi connectivity index (χ0n) is 10.4. The van der Waals surface area contributed by atoms with Gasteiger partial charge >= 0.3 is 0 Å². The first kappa shape index (κ1) is 13.7. The molecule has 1 fully saturated rings. The molecular formula is C13H19ClN2O2. The van der Waals surface area contributed by atoms with E-state index in [-0.39, 0.29) is 6.61 Å². The minimum absolute atomic E-state index is 0.104. The fraction of sp³-hybridized carbons (Fsp3) is 0.615. The van der Waals surface area contributed by atoms with Crippen LogP contribution in [-0.2, 0) is 11.3 Å². The number of aromatic nitrogens is 1. The number of ether oxygens (including phenoxy) is 1. The lowest BCUT2D eigenvalue weighted by Crippen LogP contribution is -2.37. The topological polar surface area (TPSA) is 45.6 Å². The van der Waals surface area contributed by atoms with Gasteiger partial charge in [-0.3, -0.25) is 4.90 Å². The fourth-order valence-corrected chi connectivity index (χ4v) is 2.40. The summed E-state index contributed by atoms with van der Waals surface area (Å²) >= 11 is 5.87. The van der Waals surface area contributed by atoms with Crippen LogP contribution >= 0.6 is 11.6 Å². The van der Waals surface area contributed by atoms with Gasteiger partial charge in [-0.2, -0.15) is 0 Å². The Balaban J connectivity index is 1.76. The largest absolute Gasteiger partial charge is 0.394 e. The van der Waals surface area contributed by atoms with E-state index in [1.165, 1.54) is 0 Å². The number of pyridine rings is 1. The maximum atomic E-state index is 8.71. The SMILES string of the molecule is OCCOC1CCN(Cc2cccc(Cl)n2)CC1. The number of nitrogens with zero attached hydrogens (tertiary/aromatic N) is 2. The molecule has 0 radical (unpaired) electrons. The van der Waals surface area contributed by atoms with Crippen LogP contribution in [0.5, 0.6) is 0 Å². The first-order valence-corrected chi connectivity index (χ1v) is 6.72. The molecule has 0 aromatic carbocycles. The van der Waals surface area contributed by atoms with Crippen LogP contribution in [0.25, 0.3) is 0 Å². The van der Waals surface area contributed by atoms with Gasteiger partial charge in [0, 0.05) is 19.6 Å². The van der Waals surface area contributed by atoms with E-state index >= 15 is 0 Å². The van der Waals surface area contributed by atoms with Crippen LogP contribution in [0.1, 0.15) is 18.5 Å². The molecule has 0 atom stereocenters. The summed E-state index contributed by atoms with van der Waals surface area (Å²) in [5.74, 6) is 0. The number of aliphatic hydroxyl groups is 1. The molecule has 1 aromatic rings. The Morgan fingerprint density at radius 1 is 1.39 bits per heavy atom. The molecule has 1 N–H and O–H groups in total. The fourth-order valence-electron chi connectivity index (χ4n) is 2.22. The molecule has 0 bridgehead atoms. The quantitative estimate of drug-likeness (QED) is 0.828. The number of hydrogen-bond acceptors (Lipinski definition) is 4. The van der Waals surface area contributed by atoms with Gasteiger partial charge in [0.25, 0.3) is 0 Å². The second-order valence-corrected chi connectivity index (χ2v) is 4.91. The molecule has 0 unspecified atom stereocenters. The van der Waals surface area contributed by atoms with Gasteiger partial charge in [0.05, 0.1) is 25.0 Å². The van der Waals surface area contributed by atoms with Crippen molar-refractivity contribution in [1.82, 2.24) is 9.88 Å². The zero-order chi connectivity index (χ0) is 12.8. The standard InChI is InChI=1S/C13H19ClN2O2/c14-13-3-1-2-11(15-13)10-16-6-4-12(5-7-16)18-9-8-17/h1-3,12,17H,4-10H2. The first-order valence-electron chi connectivity index (χ1n) is 6.34. The second kappa shape index (κ2) is 7.04. The van der Waals surface area contributed by atoms with Gasteiger partial charge < -0.3 is 9.84 Å². The van der Waals surface area contributed by atoms with E-state index < -0.39 is 0 Å². The summed E-state index contributed by atoms with van der Waals surface area (Å²) in [6.45, 7) is 3.40. The molecule has 1 aliphatic heterocycles. The highest BCUT2D eigenvalue weighted by molar-refractivity contribution is 6.29. The minimum atomic E-state index is 0.104. The molecule has 0 amide bonds. The molecule has 1 aromatic heterocycles. The van der Waals surface area contributed by atoms with Gasteiger partial charge in [-0.05, 0) is 25.0 Å². The number of hydrogen-bond donors (Lipinski definition) is 1. The number of rotatable bonds is 5. The van der Waals surface area contributed by atoms with Gasteiger partial charge in [0.15, 0.2) is 0 Å². The van der Waals surface area contributed by atoms with Crippen LogP contribution in [0.2, 0.25) is 5.15 Å². The van der Waals surface area contributed by atoms with E-state index in [0.29, 0.717) is 17.9 Å². The van der Waals surface area contributed by atoms with Gasteiger partial charge in [-0.1, -0.05) is 17.7 Å². The van der Waals surface area contributed by atoms with Gasteiger partial charge in [-0.25, -0.2) is 4.98 Å². The Bertz CT molecular complexity index is 368. The second-order valence-electron chi connectivity index (χ2n) is 4.52. The van der Waals surface area contributed by atoms with Crippen LogP contribution in [0.3, 0.4) is 0 Å². The van der Waals surface area contributed by atoms with Crippen molar-refractivity contribution >= 4 is 11.6 Å². The Hall–Kier alpha value is -0.680. The third kappa shape index (κ3) is 4.21. The van der Waals surface area contributed by atoms with Crippen molar-refractivity contribution in [2.45, 2.75) is 25.5 Å². The molecule has 1 saturated heterocycles. The summed E-state index contributed by atoms with van der Waals surface area (Å²) < 4.78 is 5.54. The van der Waals surface area contributed by atoms with Gasteiger partial charge in [0.2, 0.25) is 0 Å². The van der Waals surface area contributed by atoms with Crippen molar-refractivity contribution in [2.24, 2.45) is 0 Å². The van der Waals surface area contributed by atoms with Crippen molar-refractivity contribution in [3.8, 4) is 0 Å². The molecule has 2 heterocycles. The van der Waals surface area contributed by atoms with E-state index in [1.807, 2.05) is 12.1 Å². The highest BCUT2D eigenvalue weighted by atomic mass is 35.5. The highest BCUT2D eigenvalue weighted by Crippen LogP contribution is 2.16. The Morgan fingerprint density at radius 3 is 2.83 bits per heavy atom. The molecule has 4 nitrogen and oxygen atoms in total. The molecule has 0 spiro atoms. The van der Waals surface area contributed by atoms with Crippen LogP contribution in [0.15, 0.2) is 18.2 Å². The summed E-state index contributed by atoms with van der Waals surface area (Å²) in [6.07, 6.45) is 2.32. The van der Waals surface area contributed by atoms with Crippen molar-refractivity contribution < 1.29 is 9.84 Å². The smallest absolute Gasteiger partial charge is 0.129 e. The lowest BCUT2D eigenvalue weighted by molar-refractivity contribution is -0.00918. The molecule has 18 heavy (non-hydrogen) atoms. The predicted molar refractivity (Wildman–Crippen MR) is 70.6 cm³/mol. The van der Waals surface area contributed by atoms with Crippen molar-refractivity contribution in [3.63, 3.8) is 0 Å². The molecule has 2 rings (SSSR count). The van der Waals surface area contributed by atoms with E-state index in [0.717, 1.165) is 38.2 Å². The third-order valence-electron chi connectivity index (χ3n) is 3.14. The number of aliphatic hydroxyl groups excluding tert-OH is 1. The number of likely N-dealkylation sites (tertiary alicyclic amines) is 1. The van der Waals surface area contributed by atoms with Crippen LogP contribution < -0.4 is 0 Å². The Labute approximate surface area is 113 Å². The van der Waals surface area contributed by atoms with Crippen LogP contribution in [0.4, 0.5) is 0 Å². The number of halogens is 1. The Kier molecular flexibility index (Phi) is 5.38. The molecule has 0 saturated carbocycles.